The molecule has 0 spiro atoms. The highest BCUT2D eigenvalue weighted by Crippen LogP contribution is 2.17. The predicted molar refractivity (Wildman–Crippen MR) is 68.1 cm³/mol. The van der Waals surface area contributed by atoms with Crippen molar-refractivity contribution in [3.8, 4) is 5.75 Å². The molecule has 1 rings (SSSR count). The second-order valence-electron chi connectivity index (χ2n) is 4.40. The van der Waals surface area contributed by atoms with Gasteiger partial charge in [0, 0.05) is 12.6 Å². The molecule has 0 fully saturated rings. The van der Waals surface area contributed by atoms with Gasteiger partial charge in [0.05, 0.1) is 5.56 Å². The molecule has 94 valence electrons. The number of carbonyl (C=O) groups excluding carboxylic acids is 1. The normalized spacial score (nSPS) is 12.2. The third-order valence-electron chi connectivity index (χ3n) is 2.52. The highest BCUT2D eigenvalue weighted by Gasteiger charge is 2.10. The van der Waals surface area contributed by atoms with Gasteiger partial charge in [-0.05, 0) is 38.8 Å². The molecular formula is C13H20N2O2. The van der Waals surface area contributed by atoms with Crippen molar-refractivity contribution in [3.05, 3.63) is 29.3 Å². The SMILES string of the molecule is Cc1ccc(O)c(C(=O)NCCCC(C)N)c1. The first-order valence-corrected chi connectivity index (χ1v) is 5.84. The molecule has 0 aromatic heterocycles. The molecule has 4 nitrogen and oxygen atoms in total. The van der Waals surface area contributed by atoms with Crippen LogP contribution in [-0.4, -0.2) is 23.6 Å². The monoisotopic (exact) mass is 236 g/mol. The number of hydrogen-bond acceptors (Lipinski definition) is 3. The summed E-state index contributed by atoms with van der Waals surface area (Å²) in [4.78, 5) is 11.8. The Morgan fingerprint density at radius 3 is 2.88 bits per heavy atom. The molecule has 1 amide bonds. The second kappa shape index (κ2) is 6.25. The summed E-state index contributed by atoms with van der Waals surface area (Å²) in [5, 5.41) is 12.3. The zero-order valence-corrected chi connectivity index (χ0v) is 10.4. The number of phenolic OH excluding ortho intramolecular Hbond substituents is 1. The van der Waals surface area contributed by atoms with Crippen LogP contribution in [0, 0.1) is 6.92 Å². The van der Waals surface area contributed by atoms with Crippen molar-refractivity contribution in [2.75, 3.05) is 6.54 Å². The van der Waals surface area contributed by atoms with Crippen LogP contribution in [0.4, 0.5) is 0 Å². The van der Waals surface area contributed by atoms with E-state index in [2.05, 4.69) is 5.32 Å². The lowest BCUT2D eigenvalue weighted by Crippen LogP contribution is -2.26. The van der Waals surface area contributed by atoms with Crippen molar-refractivity contribution in [2.45, 2.75) is 32.7 Å². The number of aryl methyl sites for hydroxylation is 1. The van der Waals surface area contributed by atoms with E-state index in [0.717, 1.165) is 18.4 Å². The van der Waals surface area contributed by atoms with Gasteiger partial charge < -0.3 is 16.2 Å². The maximum atomic E-state index is 11.8. The van der Waals surface area contributed by atoms with E-state index in [1.165, 1.54) is 6.07 Å². The summed E-state index contributed by atoms with van der Waals surface area (Å²) in [5.74, 6) is -0.226. The number of nitrogens with two attached hydrogens (primary N) is 1. The fourth-order valence-corrected chi connectivity index (χ4v) is 1.55. The maximum absolute atomic E-state index is 11.8. The van der Waals surface area contributed by atoms with Gasteiger partial charge in [-0.3, -0.25) is 4.79 Å². The van der Waals surface area contributed by atoms with Crippen molar-refractivity contribution in [1.82, 2.24) is 5.32 Å². The quantitative estimate of drug-likeness (QED) is 0.679. The van der Waals surface area contributed by atoms with Crippen molar-refractivity contribution in [3.63, 3.8) is 0 Å². The number of hydrogen-bond donors (Lipinski definition) is 3. The van der Waals surface area contributed by atoms with Gasteiger partial charge in [0.15, 0.2) is 0 Å². The highest BCUT2D eigenvalue weighted by molar-refractivity contribution is 5.96. The van der Waals surface area contributed by atoms with Crippen LogP contribution in [0.25, 0.3) is 0 Å². The van der Waals surface area contributed by atoms with Gasteiger partial charge in [-0.1, -0.05) is 11.6 Å². The Kier molecular flexibility index (Phi) is 4.97. The number of amides is 1. The van der Waals surface area contributed by atoms with Gasteiger partial charge in [-0.15, -0.1) is 0 Å². The van der Waals surface area contributed by atoms with Crippen LogP contribution in [0.5, 0.6) is 5.75 Å². The first kappa shape index (κ1) is 13.5. The lowest BCUT2D eigenvalue weighted by atomic mass is 10.1. The van der Waals surface area contributed by atoms with E-state index in [1.807, 2.05) is 13.8 Å². The van der Waals surface area contributed by atoms with Crippen LogP contribution in [0.1, 0.15) is 35.7 Å². The first-order chi connectivity index (χ1) is 8.00. The van der Waals surface area contributed by atoms with Crippen molar-refractivity contribution in [1.29, 1.82) is 0 Å². The number of nitrogens with one attached hydrogen (secondary N) is 1. The standard InChI is InChI=1S/C13H20N2O2/c1-9-5-6-12(16)11(8-9)13(17)15-7-3-4-10(2)14/h5-6,8,10,16H,3-4,7,14H2,1-2H3,(H,15,17). The largest absolute Gasteiger partial charge is 0.507 e. The molecule has 17 heavy (non-hydrogen) atoms. The van der Waals surface area contributed by atoms with Crippen molar-refractivity contribution in [2.24, 2.45) is 5.73 Å². The summed E-state index contributed by atoms with van der Waals surface area (Å²) < 4.78 is 0. The minimum Gasteiger partial charge on any atom is -0.507 e. The molecule has 0 aliphatic carbocycles. The molecule has 1 atom stereocenters. The van der Waals surface area contributed by atoms with Gasteiger partial charge in [-0.25, -0.2) is 0 Å². The predicted octanol–water partition coefficient (Wildman–Crippen LogP) is 1.56. The molecule has 0 aliphatic rings. The van der Waals surface area contributed by atoms with E-state index in [0.29, 0.717) is 12.1 Å². The van der Waals surface area contributed by atoms with Crippen LogP contribution in [0.2, 0.25) is 0 Å². The molecule has 0 saturated heterocycles. The summed E-state index contributed by atoms with van der Waals surface area (Å²) in [6, 6.07) is 5.13. The molecule has 0 heterocycles. The summed E-state index contributed by atoms with van der Waals surface area (Å²) in [5.41, 5.74) is 6.88. The van der Waals surface area contributed by atoms with Gasteiger partial charge in [0.1, 0.15) is 5.75 Å². The molecule has 0 saturated carbocycles. The molecule has 4 heteroatoms. The molecular weight excluding hydrogens is 216 g/mol. The number of phenols is 1. The molecule has 0 bridgehead atoms. The fraction of sp³-hybridized carbons (Fsp3) is 0.462. The van der Waals surface area contributed by atoms with E-state index >= 15 is 0 Å². The van der Waals surface area contributed by atoms with E-state index in [-0.39, 0.29) is 17.7 Å². The van der Waals surface area contributed by atoms with E-state index in [1.54, 1.807) is 12.1 Å². The number of benzene rings is 1. The molecule has 4 N–H and O–H groups in total. The Morgan fingerprint density at radius 1 is 1.53 bits per heavy atom. The third kappa shape index (κ3) is 4.44. The lowest BCUT2D eigenvalue weighted by molar-refractivity contribution is 0.0950. The lowest BCUT2D eigenvalue weighted by Gasteiger charge is -2.08. The molecule has 1 aromatic carbocycles. The van der Waals surface area contributed by atoms with Gasteiger partial charge >= 0.3 is 0 Å². The highest BCUT2D eigenvalue weighted by atomic mass is 16.3. The third-order valence-corrected chi connectivity index (χ3v) is 2.52. The van der Waals surface area contributed by atoms with Crippen molar-refractivity contribution >= 4 is 5.91 Å². The van der Waals surface area contributed by atoms with Crippen LogP contribution < -0.4 is 11.1 Å². The zero-order chi connectivity index (χ0) is 12.8. The fourth-order valence-electron chi connectivity index (χ4n) is 1.55. The van der Waals surface area contributed by atoms with E-state index in [9.17, 15) is 9.90 Å². The zero-order valence-electron chi connectivity index (χ0n) is 10.4. The van der Waals surface area contributed by atoms with E-state index < -0.39 is 0 Å². The number of carbonyl (C=O) groups is 1. The molecule has 1 aromatic rings. The van der Waals surface area contributed by atoms with Crippen molar-refractivity contribution < 1.29 is 9.90 Å². The molecule has 1 unspecified atom stereocenters. The summed E-state index contributed by atoms with van der Waals surface area (Å²) in [7, 11) is 0. The smallest absolute Gasteiger partial charge is 0.255 e. The van der Waals surface area contributed by atoms with E-state index in [4.69, 9.17) is 5.73 Å². The molecule has 0 aliphatic heterocycles. The second-order valence-corrected chi connectivity index (χ2v) is 4.40. The minimum absolute atomic E-state index is 0.0142. The number of aromatic hydroxyl groups is 1. The summed E-state index contributed by atoms with van der Waals surface area (Å²) in [6.07, 6.45) is 1.72. The Balaban J connectivity index is 2.49. The van der Waals surface area contributed by atoms with Crippen LogP contribution in [0.3, 0.4) is 0 Å². The first-order valence-electron chi connectivity index (χ1n) is 5.84. The van der Waals surface area contributed by atoms with Crippen LogP contribution in [-0.2, 0) is 0 Å². The maximum Gasteiger partial charge on any atom is 0.255 e. The van der Waals surface area contributed by atoms with Gasteiger partial charge in [0.25, 0.3) is 5.91 Å². The average Bonchev–Trinajstić information content (AvgIpc) is 2.27. The number of rotatable bonds is 5. The van der Waals surface area contributed by atoms with Crippen LogP contribution in [0.15, 0.2) is 18.2 Å². The van der Waals surface area contributed by atoms with Gasteiger partial charge in [0.2, 0.25) is 0 Å². The minimum atomic E-state index is -0.240. The van der Waals surface area contributed by atoms with Gasteiger partial charge in [-0.2, -0.15) is 0 Å². The summed E-state index contributed by atoms with van der Waals surface area (Å²) >= 11 is 0. The Morgan fingerprint density at radius 2 is 2.24 bits per heavy atom. The summed E-state index contributed by atoms with van der Waals surface area (Å²) in [6.45, 7) is 4.40. The molecule has 0 radical (unpaired) electrons. The Bertz CT molecular complexity index is 389. The van der Waals surface area contributed by atoms with Crippen LogP contribution >= 0.6 is 0 Å². The Labute approximate surface area is 102 Å². The average molecular weight is 236 g/mol. The topological polar surface area (TPSA) is 75.3 Å². The Hall–Kier alpha value is -1.55.